The van der Waals surface area contributed by atoms with E-state index in [9.17, 15) is 9.59 Å². The summed E-state index contributed by atoms with van der Waals surface area (Å²) in [6.45, 7) is 1.49. The average molecular weight is 532 g/mol. The Morgan fingerprint density at radius 3 is 2.41 bits per heavy atom. The van der Waals surface area contributed by atoms with E-state index in [1.54, 1.807) is 18.8 Å². The van der Waals surface area contributed by atoms with E-state index >= 15 is 0 Å². The molecule has 0 aliphatic heterocycles. The third-order valence-corrected chi connectivity index (χ3v) is 8.18. The molecule has 1 fully saturated rings. The van der Waals surface area contributed by atoms with Crippen molar-refractivity contribution in [1.82, 2.24) is 4.57 Å². The number of esters is 1. The van der Waals surface area contributed by atoms with Gasteiger partial charge in [0.2, 0.25) is 0 Å². The van der Waals surface area contributed by atoms with Crippen molar-refractivity contribution in [2.45, 2.75) is 56.9 Å². The van der Waals surface area contributed by atoms with Crippen molar-refractivity contribution in [3.05, 3.63) is 81.1 Å². The van der Waals surface area contributed by atoms with Gasteiger partial charge in [0.25, 0.3) is 5.56 Å². The fraction of sp³-hybridized carbons (Fsp3) is 0.438. The summed E-state index contributed by atoms with van der Waals surface area (Å²) in [7, 11) is 4.64. The number of aromatic nitrogens is 1. The summed E-state index contributed by atoms with van der Waals surface area (Å²) >= 11 is 0. The molecule has 0 bridgehead atoms. The van der Waals surface area contributed by atoms with Crippen molar-refractivity contribution in [3.8, 4) is 22.8 Å². The van der Waals surface area contributed by atoms with Gasteiger partial charge >= 0.3 is 5.97 Å². The van der Waals surface area contributed by atoms with Gasteiger partial charge in [-0.2, -0.15) is 0 Å². The molecular formula is C32H37NO6. The van der Waals surface area contributed by atoms with Crippen LogP contribution in [0.1, 0.15) is 65.6 Å². The van der Waals surface area contributed by atoms with Crippen LogP contribution in [0.3, 0.4) is 0 Å². The Morgan fingerprint density at radius 2 is 1.72 bits per heavy atom. The fourth-order valence-corrected chi connectivity index (χ4v) is 6.30. The molecular weight excluding hydrogens is 494 g/mol. The first-order chi connectivity index (χ1) is 19.0. The Bertz CT molecular complexity index is 1390. The van der Waals surface area contributed by atoms with Crippen LogP contribution in [0.5, 0.6) is 11.5 Å². The van der Waals surface area contributed by atoms with Gasteiger partial charge in [-0.1, -0.05) is 49.6 Å². The highest BCUT2D eigenvalue weighted by molar-refractivity contribution is 5.90. The van der Waals surface area contributed by atoms with Crippen LogP contribution in [-0.2, 0) is 27.9 Å². The van der Waals surface area contributed by atoms with Crippen LogP contribution in [0.4, 0.5) is 0 Å². The molecule has 0 N–H and O–H groups in total. The standard InChI is InChI=1S/C32H37NO6/c1-36-15-10-16-39-28-17-23-20-32(13-8-5-9-14-32)26-18-25(31(35)38-3)30(34)33(21-22-11-6-4-7-12-22)29(26)24(23)19-27(28)37-2/h4,6-7,11-12,17-19H,5,8-10,13-16,20-21H2,1-3H3. The molecule has 1 spiro atoms. The zero-order chi connectivity index (χ0) is 27.4. The number of carbonyl (C=O) groups excluding carboxylic acids is 1. The number of hydrogen-bond acceptors (Lipinski definition) is 6. The van der Waals surface area contributed by atoms with E-state index in [0.29, 0.717) is 31.3 Å². The number of fused-ring (bicyclic) bond motifs is 4. The van der Waals surface area contributed by atoms with Gasteiger partial charge in [-0.05, 0) is 54.2 Å². The molecule has 206 valence electrons. The quantitative estimate of drug-likeness (QED) is 0.267. The summed E-state index contributed by atoms with van der Waals surface area (Å²) in [5.41, 5.74) is 4.57. The first-order valence-electron chi connectivity index (χ1n) is 13.7. The predicted molar refractivity (Wildman–Crippen MR) is 150 cm³/mol. The number of carbonyl (C=O) groups is 1. The molecule has 0 amide bonds. The van der Waals surface area contributed by atoms with E-state index in [1.807, 2.05) is 42.5 Å². The monoisotopic (exact) mass is 531 g/mol. The lowest BCUT2D eigenvalue weighted by Gasteiger charge is -2.44. The molecule has 1 aromatic heterocycles. The van der Waals surface area contributed by atoms with Crippen LogP contribution >= 0.6 is 0 Å². The Kier molecular flexibility index (Phi) is 8.07. The van der Waals surface area contributed by atoms with E-state index in [2.05, 4.69) is 6.07 Å². The van der Waals surface area contributed by atoms with Gasteiger partial charge in [0.1, 0.15) is 5.56 Å². The fourth-order valence-electron chi connectivity index (χ4n) is 6.30. The highest BCUT2D eigenvalue weighted by atomic mass is 16.5. The molecule has 0 unspecified atom stereocenters. The molecule has 1 saturated carbocycles. The third kappa shape index (κ3) is 5.20. The third-order valence-electron chi connectivity index (χ3n) is 8.18. The minimum atomic E-state index is -0.598. The number of hydrogen-bond donors (Lipinski definition) is 0. The van der Waals surface area contributed by atoms with Gasteiger partial charge in [0, 0.05) is 31.1 Å². The molecule has 2 aromatic carbocycles. The second-order valence-electron chi connectivity index (χ2n) is 10.6. The summed E-state index contributed by atoms with van der Waals surface area (Å²) in [4.78, 5) is 26.8. The second kappa shape index (κ2) is 11.7. The maximum atomic E-state index is 13.9. The number of ether oxygens (including phenoxy) is 4. The summed E-state index contributed by atoms with van der Waals surface area (Å²) in [5, 5.41) is 0. The van der Waals surface area contributed by atoms with Crippen LogP contribution in [0.15, 0.2) is 53.3 Å². The SMILES string of the molecule is COCCCOc1cc2c(cc1OC)-c1c(cc(C(=O)OC)c(=O)n1Cc1ccccc1)C1(CCCCC1)C2. The lowest BCUT2D eigenvalue weighted by Crippen LogP contribution is -2.40. The van der Waals surface area contributed by atoms with Crippen LogP contribution in [0.25, 0.3) is 11.3 Å². The van der Waals surface area contributed by atoms with Crippen LogP contribution in [0, 0.1) is 0 Å². The van der Waals surface area contributed by atoms with Crippen molar-refractivity contribution >= 4 is 5.97 Å². The van der Waals surface area contributed by atoms with E-state index in [4.69, 9.17) is 18.9 Å². The van der Waals surface area contributed by atoms with Gasteiger partial charge in [0.05, 0.1) is 33.1 Å². The Morgan fingerprint density at radius 1 is 0.949 bits per heavy atom. The first kappa shape index (κ1) is 27.0. The number of pyridine rings is 1. The van der Waals surface area contributed by atoms with Crippen molar-refractivity contribution in [2.75, 3.05) is 34.5 Å². The maximum absolute atomic E-state index is 13.9. The second-order valence-corrected chi connectivity index (χ2v) is 10.6. The number of methoxy groups -OCH3 is 3. The Hall–Kier alpha value is -3.58. The van der Waals surface area contributed by atoms with Crippen LogP contribution in [0.2, 0.25) is 0 Å². The summed E-state index contributed by atoms with van der Waals surface area (Å²) in [6.07, 6.45) is 6.99. The van der Waals surface area contributed by atoms with E-state index in [0.717, 1.165) is 66.5 Å². The normalized spacial score (nSPS) is 15.4. The molecule has 7 nitrogen and oxygen atoms in total. The smallest absolute Gasteiger partial charge is 0.343 e. The highest BCUT2D eigenvalue weighted by Gasteiger charge is 2.42. The predicted octanol–water partition coefficient (Wildman–Crippen LogP) is 5.53. The largest absolute Gasteiger partial charge is 0.493 e. The minimum Gasteiger partial charge on any atom is -0.493 e. The number of rotatable bonds is 9. The first-order valence-corrected chi connectivity index (χ1v) is 13.7. The van der Waals surface area contributed by atoms with Crippen molar-refractivity contribution < 1.29 is 23.7 Å². The Labute approximate surface area is 229 Å². The highest BCUT2D eigenvalue weighted by Crippen LogP contribution is 2.52. The molecule has 0 atom stereocenters. The van der Waals surface area contributed by atoms with Crippen molar-refractivity contribution in [3.63, 3.8) is 0 Å². The molecule has 3 aromatic rings. The maximum Gasteiger partial charge on any atom is 0.343 e. The summed E-state index contributed by atoms with van der Waals surface area (Å²) in [6, 6.07) is 15.8. The Balaban J connectivity index is 1.75. The van der Waals surface area contributed by atoms with Gasteiger partial charge in [0.15, 0.2) is 11.5 Å². The molecule has 39 heavy (non-hydrogen) atoms. The van der Waals surface area contributed by atoms with Gasteiger partial charge in [-0.15, -0.1) is 0 Å². The van der Waals surface area contributed by atoms with Crippen molar-refractivity contribution in [2.24, 2.45) is 0 Å². The molecule has 0 saturated heterocycles. The average Bonchev–Trinajstić information content (AvgIpc) is 2.97. The van der Waals surface area contributed by atoms with Crippen LogP contribution in [-0.4, -0.2) is 45.1 Å². The van der Waals surface area contributed by atoms with Crippen molar-refractivity contribution in [1.29, 1.82) is 0 Å². The topological polar surface area (TPSA) is 76.0 Å². The lowest BCUT2D eigenvalue weighted by atomic mass is 9.62. The van der Waals surface area contributed by atoms with Crippen LogP contribution < -0.4 is 15.0 Å². The molecule has 0 radical (unpaired) electrons. The van der Waals surface area contributed by atoms with Gasteiger partial charge in [-0.3, -0.25) is 4.79 Å². The number of benzene rings is 2. The number of nitrogens with zero attached hydrogens (tertiary/aromatic N) is 1. The zero-order valence-electron chi connectivity index (χ0n) is 23.1. The molecule has 2 aliphatic carbocycles. The minimum absolute atomic E-state index is 0.0886. The van der Waals surface area contributed by atoms with Gasteiger partial charge in [-0.25, -0.2) is 4.79 Å². The van der Waals surface area contributed by atoms with E-state index in [-0.39, 0.29) is 16.5 Å². The molecule has 7 heteroatoms. The molecule has 2 aliphatic rings. The zero-order valence-corrected chi connectivity index (χ0v) is 23.1. The molecule has 5 rings (SSSR count). The lowest BCUT2D eigenvalue weighted by molar-refractivity contribution is 0.0597. The van der Waals surface area contributed by atoms with E-state index < -0.39 is 5.97 Å². The summed E-state index contributed by atoms with van der Waals surface area (Å²) < 4.78 is 23.9. The molecule has 1 heterocycles. The van der Waals surface area contributed by atoms with Gasteiger partial charge < -0.3 is 23.5 Å². The summed E-state index contributed by atoms with van der Waals surface area (Å²) in [5.74, 6) is 0.719. The van der Waals surface area contributed by atoms with E-state index in [1.165, 1.54) is 13.5 Å².